The fourth-order valence-corrected chi connectivity index (χ4v) is 4.27. The Kier molecular flexibility index (Phi) is 11.2. The minimum absolute atomic E-state index is 0.0945. The number of aliphatic hydroxyl groups excluding tert-OH is 2. The summed E-state index contributed by atoms with van der Waals surface area (Å²) < 4.78 is 10.1. The Morgan fingerprint density at radius 1 is 1.11 bits per heavy atom. The first-order valence-electron chi connectivity index (χ1n) is 12.0. The Hall–Kier alpha value is -2.92. The lowest BCUT2D eigenvalue weighted by atomic mass is 9.69. The van der Waals surface area contributed by atoms with Crippen LogP contribution in [0.4, 0.5) is 0 Å². The van der Waals surface area contributed by atoms with Gasteiger partial charge in [0.05, 0.1) is 31.8 Å². The third kappa shape index (κ3) is 7.79. The summed E-state index contributed by atoms with van der Waals surface area (Å²) in [6.07, 6.45) is 2.38. The summed E-state index contributed by atoms with van der Waals surface area (Å²) in [5.41, 5.74) is 2.70. The number of methoxy groups -OCH3 is 1. The van der Waals surface area contributed by atoms with Crippen molar-refractivity contribution in [3.05, 3.63) is 64.7 Å². The molecule has 2 rings (SSSR count). The Morgan fingerprint density at radius 2 is 1.86 bits per heavy atom. The van der Waals surface area contributed by atoms with Crippen LogP contribution in [0.3, 0.4) is 0 Å². The third-order valence-corrected chi connectivity index (χ3v) is 6.62. The van der Waals surface area contributed by atoms with Crippen molar-refractivity contribution in [2.75, 3.05) is 33.9 Å². The van der Waals surface area contributed by atoms with Crippen molar-refractivity contribution in [1.82, 2.24) is 4.90 Å². The average Bonchev–Trinajstić information content (AvgIpc) is 2.88. The number of likely N-dealkylation sites (N-methyl/N-ethyl adjacent to an activating group) is 1. The lowest BCUT2D eigenvalue weighted by Gasteiger charge is -2.32. The number of benzene rings is 2. The zero-order valence-corrected chi connectivity index (χ0v) is 21.3. The smallest absolute Gasteiger partial charge is 0.343 e. The van der Waals surface area contributed by atoms with Gasteiger partial charge in [-0.2, -0.15) is 5.26 Å². The van der Waals surface area contributed by atoms with E-state index in [2.05, 4.69) is 36.6 Å². The van der Waals surface area contributed by atoms with E-state index in [1.807, 2.05) is 42.5 Å². The molecular formula is C28H38N2O5. The highest BCUT2D eigenvalue weighted by atomic mass is 16.6. The number of rotatable bonds is 14. The van der Waals surface area contributed by atoms with Crippen molar-refractivity contribution in [3.63, 3.8) is 0 Å². The molecule has 0 saturated carbocycles. The van der Waals surface area contributed by atoms with Crippen LogP contribution < -0.4 is 4.74 Å². The van der Waals surface area contributed by atoms with E-state index in [0.717, 1.165) is 37.1 Å². The van der Waals surface area contributed by atoms with Gasteiger partial charge in [-0.15, -0.1) is 0 Å². The molecule has 0 aliphatic rings. The summed E-state index contributed by atoms with van der Waals surface area (Å²) in [7, 11) is 3.40. The van der Waals surface area contributed by atoms with Gasteiger partial charge in [-0.25, -0.2) is 4.79 Å². The Bertz CT molecular complexity index is 1000. The van der Waals surface area contributed by atoms with Crippen molar-refractivity contribution in [3.8, 4) is 11.8 Å². The van der Waals surface area contributed by atoms with E-state index >= 15 is 0 Å². The van der Waals surface area contributed by atoms with Gasteiger partial charge in [-0.3, -0.25) is 0 Å². The van der Waals surface area contributed by atoms with Gasteiger partial charge in [0.2, 0.25) is 0 Å². The number of hydrogen-bond donors (Lipinski definition) is 2. The molecule has 7 heteroatoms. The van der Waals surface area contributed by atoms with E-state index in [1.54, 1.807) is 0 Å². The van der Waals surface area contributed by atoms with Crippen molar-refractivity contribution in [1.29, 1.82) is 5.26 Å². The topological polar surface area (TPSA) is 103 Å². The van der Waals surface area contributed by atoms with Crippen LogP contribution in [0.5, 0.6) is 5.75 Å². The molecule has 2 aromatic carbocycles. The van der Waals surface area contributed by atoms with Crippen LogP contribution in [0.25, 0.3) is 0 Å². The summed E-state index contributed by atoms with van der Waals surface area (Å²) >= 11 is 0. The number of carbonyl (C=O) groups excluding carboxylic acids is 1. The molecule has 0 aliphatic heterocycles. The fraction of sp³-hybridized carbons (Fsp3) is 0.500. The maximum absolute atomic E-state index is 11.3. The second kappa shape index (κ2) is 13.8. The van der Waals surface area contributed by atoms with E-state index < -0.39 is 11.4 Å². The molecule has 0 fully saturated rings. The number of carbonyl (C=O) groups is 1. The molecule has 2 N–H and O–H groups in total. The first-order valence-corrected chi connectivity index (χ1v) is 12.0. The predicted octanol–water partition coefficient (Wildman–Crippen LogP) is 3.60. The van der Waals surface area contributed by atoms with Gasteiger partial charge in [0, 0.05) is 6.54 Å². The normalized spacial score (nSPS) is 12.9. The molecule has 0 heterocycles. The minimum Gasteiger partial charge on any atom is -0.482 e. The summed E-state index contributed by atoms with van der Waals surface area (Å²) in [4.78, 5) is 13.5. The van der Waals surface area contributed by atoms with Gasteiger partial charge in [0.15, 0.2) is 6.61 Å². The maximum Gasteiger partial charge on any atom is 0.343 e. The van der Waals surface area contributed by atoms with Crippen LogP contribution in [0, 0.1) is 17.2 Å². The lowest BCUT2D eigenvalue weighted by molar-refractivity contribution is -0.142. The Balaban J connectivity index is 1.96. The lowest BCUT2D eigenvalue weighted by Crippen LogP contribution is -2.33. The summed E-state index contributed by atoms with van der Waals surface area (Å²) in [6.45, 7) is 5.39. The van der Waals surface area contributed by atoms with E-state index in [-0.39, 0.29) is 25.7 Å². The average molecular weight is 483 g/mol. The molecule has 35 heavy (non-hydrogen) atoms. The Labute approximate surface area is 208 Å². The molecule has 0 aromatic heterocycles. The number of aliphatic hydroxyl groups is 2. The van der Waals surface area contributed by atoms with E-state index in [1.165, 1.54) is 7.11 Å². The van der Waals surface area contributed by atoms with Gasteiger partial charge in [0.25, 0.3) is 0 Å². The molecule has 0 radical (unpaired) electrons. The number of hydrogen-bond acceptors (Lipinski definition) is 7. The monoisotopic (exact) mass is 482 g/mol. The molecule has 0 spiro atoms. The molecule has 190 valence electrons. The highest BCUT2D eigenvalue weighted by Crippen LogP contribution is 2.37. The maximum atomic E-state index is 11.3. The number of nitriles is 1. The first-order chi connectivity index (χ1) is 16.8. The predicted molar refractivity (Wildman–Crippen MR) is 135 cm³/mol. The van der Waals surface area contributed by atoms with Crippen molar-refractivity contribution in [2.24, 2.45) is 5.92 Å². The SMILES string of the molecule is COC(=O)COc1cccc(CCN(C)CCCC(C#N)(c2ccc(CO)c(CO)c2)C(C)C)c1. The Morgan fingerprint density at radius 3 is 2.49 bits per heavy atom. The molecule has 0 bridgehead atoms. The number of esters is 1. The molecule has 0 amide bonds. The van der Waals surface area contributed by atoms with Crippen LogP contribution in [0.1, 0.15) is 48.9 Å². The standard InChI is InChI=1S/C28H38N2O5/c1-21(2)28(20-29,25-10-9-23(17-31)24(16-25)18-32)12-6-13-30(3)14-11-22-7-5-8-26(15-22)35-19-27(33)34-4/h5,7-10,15-16,21,31-32H,6,11-14,17-19H2,1-4H3. The van der Waals surface area contributed by atoms with Gasteiger partial charge in [-0.1, -0.05) is 44.2 Å². The van der Waals surface area contributed by atoms with Crippen LogP contribution in [-0.2, 0) is 34.6 Å². The number of ether oxygens (including phenoxy) is 2. The molecular weight excluding hydrogens is 444 g/mol. The molecule has 1 unspecified atom stereocenters. The fourth-order valence-electron chi connectivity index (χ4n) is 4.27. The van der Waals surface area contributed by atoms with Crippen molar-refractivity contribution in [2.45, 2.75) is 51.7 Å². The summed E-state index contributed by atoms with van der Waals surface area (Å²) in [6, 6.07) is 15.9. The molecule has 0 saturated heterocycles. The molecule has 0 aliphatic carbocycles. The zero-order valence-electron chi connectivity index (χ0n) is 21.3. The van der Waals surface area contributed by atoms with Crippen LogP contribution >= 0.6 is 0 Å². The van der Waals surface area contributed by atoms with Gasteiger partial charge in [-0.05, 0) is 73.2 Å². The number of nitrogens with zero attached hydrogens (tertiary/aromatic N) is 2. The van der Waals surface area contributed by atoms with Gasteiger partial charge >= 0.3 is 5.97 Å². The van der Waals surface area contributed by atoms with Crippen LogP contribution in [0.2, 0.25) is 0 Å². The van der Waals surface area contributed by atoms with E-state index in [0.29, 0.717) is 23.3 Å². The van der Waals surface area contributed by atoms with E-state index in [9.17, 15) is 20.3 Å². The van der Waals surface area contributed by atoms with Crippen LogP contribution in [-0.4, -0.2) is 54.9 Å². The minimum atomic E-state index is -0.663. The quantitative estimate of drug-likeness (QED) is 0.397. The largest absolute Gasteiger partial charge is 0.482 e. The highest BCUT2D eigenvalue weighted by molar-refractivity contribution is 5.70. The highest BCUT2D eigenvalue weighted by Gasteiger charge is 2.36. The summed E-state index contributed by atoms with van der Waals surface area (Å²) in [5, 5.41) is 29.4. The van der Waals surface area contributed by atoms with Crippen molar-refractivity contribution < 1.29 is 24.5 Å². The zero-order chi connectivity index (χ0) is 25.8. The molecule has 7 nitrogen and oxygen atoms in total. The van der Waals surface area contributed by atoms with E-state index in [4.69, 9.17) is 4.74 Å². The second-order valence-electron chi connectivity index (χ2n) is 9.21. The summed E-state index contributed by atoms with van der Waals surface area (Å²) in [5.74, 6) is 0.319. The molecule has 2 aromatic rings. The molecule has 1 atom stereocenters. The second-order valence-corrected chi connectivity index (χ2v) is 9.21. The third-order valence-electron chi connectivity index (χ3n) is 6.62. The van der Waals surface area contributed by atoms with Gasteiger partial charge in [0.1, 0.15) is 5.75 Å². The van der Waals surface area contributed by atoms with Gasteiger partial charge < -0.3 is 24.6 Å². The van der Waals surface area contributed by atoms with Crippen molar-refractivity contribution >= 4 is 5.97 Å². The van der Waals surface area contributed by atoms with Crippen LogP contribution in [0.15, 0.2) is 42.5 Å². The first kappa shape index (κ1) is 28.3.